The van der Waals surface area contributed by atoms with Gasteiger partial charge in [-0.15, -0.1) is 0 Å². The molecular weight excluding hydrogens is 602 g/mol. The molecule has 3 heterocycles. The van der Waals surface area contributed by atoms with Crippen molar-refractivity contribution < 1.29 is 27.6 Å². The third kappa shape index (κ3) is 6.17. The van der Waals surface area contributed by atoms with Crippen molar-refractivity contribution in [3.8, 4) is 44.9 Å². The highest BCUT2D eigenvalue weighted by Gasteiger charge is 2.41. The molecule has 8 heteroatoms. The van der Waals surface area contributed by atoms with Gasteiger partial charge in [0.05, 0.1) is 37.6 Å². The van der Waals surface area contributed by atoms with Crippen LogP contribution in [-0.4, -0.2) is 37.6 Å². The molecule has 0 unspecified atom stereocenters. The van der Waals surface area contributed by atoms with E-state index in [2.05, 4.69) is 100 Å². The van der Waals surface area contributed by atoms with E-state index in [9.17, 15) is 0 Å². The van der Waals surface area contributed by atoms with Gasteiger partial charge in [-0.3, -0.25) is 0 Å². The van der Waals surface area contributed by atoms with Gasteiger partial charge in [-0.1, -0.05) is 60.7 Å². The molecule has 0 radical (unpaired) electrons. The number of hydrogen-bond acceptors (Lipinski definition) is 6. The Labute approximate surface area is 268 Å². The van der Waals surface area contributed by atoms with E-state index in [0.29, 0.717) is 13.2 Å². The van der Waals surface area contributed by atoms with Crippen molar-refractivity contribution in [2.45, 2.75) is 71.4 Å². The van der Waals surface area contributed by atoms with Gasteiger partial charge < -0.3 is 27.6 Å². The second kappa shape index (κ2) is 13.5. The molecule has 0 aromatic heterocycles. The van der Waals surface area contributed by atoms with Gasteiger partial charge in [0.15, 0.2) is 0 Å². The molecule has 2 fully saturated rings. The van der Waals surface area contributed by atoms with Gasteiger partial charge in [0, 0.05) is 21.7 Å². The molecule has 4 aromatic carbocycles. The normalized spacial score (nSPS) is 24.3. The molecule has 7 rings (SSSR count). The van der Waals surface area contributed by atoms with Crippen molar-refractivity contribution in [1.82, 2.24) is 0 Å². The number of benzene rings is 4. The number of fused-ring (bicyclic) bond motifs is 3. The van der Waals surface area contributed by atoms with Crippen molar-refractivity contribution in [3.63, 3.8) is 0 Å². The summed E-state index contributed by atoms with van der Waals surface area (Å²) in [5.41, 5.74) is 6.19. The van der Waals surface area contributed by atoms with Crippen LogP contribution in [0, 0.1) is 0 Å². The van der Waals surface area contributed by atoms with Gasteiger partial charge in [-0.2, -0.15) is 0 Å². The Balaban J connectivity index is 1.59. The summed E-state index contributed by atoms with van der Waals surface area (Å²) >= 11 is 0. The average Bonchev–Trinajstić information content (AvgIpc) is 3.57. The van der Waals surface area contributed by atoms with E-state index in [4.69, 9.17) is 27.6 Å². The van der Waals surface area contributed by atoms with Crippen LogP contribution in [0.15, 0.2) is 84.9 Å². The summed E-state index contributed by atoms with van der Waals surface area (Å²) in [6.45, 7) is 9.56. The molecule has 0 spiro atoms. The zero-order valence-electron chi connectivity index (χ0n) is 26.3. The molecule has 6 nitrogen and oxygen atoms in total. The molecule has 0 aliphatic carbocycles. The highest BCUT2D eigenvalue weighted by Crippen LogP contribution is 2.57. The van der Waals surface area contributed by atoms with Crippen LogP contribution in [0.4, 0.5) is 0 Å². The molecule has 2 saturated heterocycles. The Morgan fingerprint density at radius 1 is 0.467 bits per heavy atom. The van der Waals surface area contributed by atoms with Gasteiger partial charge in [0.25, 0.3) is 0 Å². The number of ether oxygens (including phenoxy) is 2. The first-order valence-electron chi connectivity index (χ1n) is 16.0. The lowest BCUT2D eigenvalue weighted by Crippen LogP contribution is -2.19. The summed E-state index contributed by atoms with van der Waals surface area (Å²) in [4.78, 5) is 0. The number of hydrogen-bond donors (Lipinski definition) is 0. The van der Waals surface area contributed by atoms with E-state index in [1.807, 2.05) is 12.1 Å². The smallest absolute Gasteiger partial charge is 0.207 e. The minimum absolute atomic E-state index is 0.0438. The Bertz CT molecular complexity index is 1490. The van der Waals surface area contributed by atoms with Crippen LogP contribution in [0.1, 0.15) is 47.0 Å². The minimum Gasteiger partial charge on any atom is -0.493 e. The fourth-order valence-corrected chi connectivity index (χ4v) is 9.93. The summed E-state index contributed by atoms with van der Waals surface area (Å²) in [6, 6.07) is 29.5. The van der Waals surface area contributed by atoms with E-state index < -0.39 is 16.8 Å². The molecule has 4 aromatic rings. The van der Waals surface area contributed by atoms with Gasteiger partial charge in [0.2, 0.25) is 16.8 Å². The molecule has 3 aliphatic rings. The van der Waals surface area contributed by atoms with Gasteiger partial charge in [-0.25, -0.2) is 0 Å². The predicted molar refractivity (Wildman–Crippen MR) is 183 cm³/mol. The van der Waals surface area contributed by atoms with Crippen LogP contribution >= 0.6 is 16.8 Å². The van der Waals surface area contributed by atoms with Gasteiger partial charge in [0.1, 0.15) is 11.5 Å². The van der Waals surface area contributed by atoms with Crippen molar-refractivity contribution in [1.29, 1.82) is 0 Å². The zero-order chi connectivity index (χ0) is 30.9. The molecule has 0 N–H and O–H groups in total. The lowest BCUT2D eigenvalue weighted by molar-refractivity contribution is 0.187. The first-order valence-corrected chi connectivity index (χ1v) is 18.3. The molecular formula is C37H40O6P2. The third-order valence-corrected chi connectivity index (χ3v) is 12.5. The summed E-state index contributed by atoms with van der Waals surface area (Å²) in [6.07, 6.45) is 2.74. The first-order chi connectivity index (χ1) is 22.0. The predicted octanol–water partition coefficient (Wildman–Crippen LogP) is 9.15. The Hall–Kier alpha value is -2.82. The van der Waals surface area contributed by atoms with Crippen molar-refractivity contribution in [3.05, 3.63) is 84.9 Å². The lowest BCUT2D eigenvalue weighted by Gasteiger charge is -2.27. The summed E-state index contributed by atoms with van der Waals surface area (Å²) in [5, 5.41) is 1.99. The van der Waals surface area contributed by atoms with Crippen molar-refractivity contribution in [2.75, 3.05) is 13.2 Å². The molecule has 3 aliphatic heterocycles. The summed E-state index contributed by atoms with van der Waals surface area (Å²) in [5.74, 6) is 1.58. The van der Waals surface area contributed by atoms with Crippen LogP contribution in [0.3, 0.4) is 0 Å². The fraction of sp³-hybridized carbons (Fsp3) is 0.351. The van der Waals surface area contributed by atoms with Gasteiger partial charge in [-0.05, 0) is 93.5 Å². The van der Waals surface area contributed by atoms with E-state index >= 15 is 0 Å². The second-order valence-electron chi connectivity index (χ2n) is 11.9. The maximum atomic E-state index is 6.70. The monoisotopic (exact) mass is 642 g/mol. The van der Waals surface area contributed by atoms with E-state index in [0.717, 1.165) is 74.8 Å². The Kier molecular flexibility index (Phi) is 9.24. The van der Waals surface area contributed by atoms with E-state index in [1.165, 1.54) is 0 Å². The Morgan fingerprint density at radius 2 is 0.844 bits per heavy atom. The maximum absolute atomic E-state index is 6.70. The molecule has 45 heavy (non-hydrogen) atoms. The van der Waals surface area contributed by atoms with E-state index in [-0.39, 0.29) is 24.4 Å². The number of rotatable bonds is 4. The van der Waals surface area contributed by atoms with Gasteiger partial charge >= 0.3 is 0 Å². The molecule has 0 bridgehead atoms. The lowest BCUT2D eigenvalue weighted by atomic mass is 9.94. The van der Waals surface area contributed by atoms with Crippen molar-refractivity contribution >= 4 is 27.4 Å². The highest BCUT2D eigenvalue weighted by atomic mass is 31.2. The van der Waals surface area contributed by atoms with Crippen LogP contribution < -0.4 is 20.1 Å². The fourth-order valence-electron chi connectivity index (χ4n) is 5.90. The highest BCUT2D eigenvalue weighted by molar-refractivity contribution is 7.57. The van der Waals surface area contributed by atoms with Crippen LogP contribution in [0.25, 0.3) is 33.4 Å². The Morgan fingerprint density at radius 3 is 1.22 bits per heavy atom. The first kappa shape index (κ1) is 30.8. The molecule has 0 saturated carbocycles. The SMILES string of the molecule is C[C@@H]1OP(c2c(-c3ccccc3)ccc3c2-c2c(ccc(-c4ccccc4)c2P2O[C@@H](C)[C@H](C)O2)OCCCCCO3)O[C@H]1C. The summed E-state index contributed by atoms with van der Waals surface area (Å²) in [7, 11) is -2.92. The minimum atomic E-state index is -1.46. The second-order valence-corrected chi connectivity index (χ2v) is 14.7. The summed E-state index contributed by atoms with van der Waals surface area (Å²) < 4.78 is 40.0. The molecule has 234 valence electrons. The topological polar surface area (TPSA) is 55.4 Å². The quantitative estimate of drug-likeness (QED) is 0.207. The maximum Gasteiger partial charge on any atom is 0.207 e. The third-order valence-electron chi connectivity index (χ3n) is 8.74. The molecule has 0 amide bonds. The standard InChI is InChI=1S/C37H40O6P2/c1-24-25(2)41-44(40-24)36-30(28-14-8-5-9-15-28)18-20-32-34(36)35-33(39-23-13-7-12-22-38-32)21-19-31(29-16-10-6-11-17-29)37(35)45-42-26(3)27(4)43-45/h5-6,8-11,14-21,24-27H,7,12-13,22-23H2,1-4H3/t24-,25-,26-,27-/m0/s1. The van der Waals surface area contributed by atoms with Crippen LogP contribution in [-0.2, 0) is 18.1 Å². The van der Waals surface area contributed by atoms with Crippen molar-refractivity contribution in [2.24, 2.45) is 0 Å². The van der Waals surface area contributed by atoms with Crippen LogP contribution in [0.2, 0.25) is 0 Å². The largest absolute Gasteiger partial charge is 0.493 e. The van der Waals surface area contributed by atoms with Crippen LogP contribution in [0.5, 0.6) is 11.5 Å². The molecule has 4 atom stereocenters. The average molecular weight is 643 g/mol. The van der Waals surface area contributed by atoms with E-state index in [1.54, 1.807) is 0 Å². The zero-order valence-corrected chi connectivity index (χ0v) is 28.1.